The quantitative estimate of drug-likeness (QED) is 0.838. The van der Waals surface area contributed by atoms with Crippen molar-refractivity contribution in [3.8, 4) is 11.8 Å². The molecule has 18 heavy (non-hydrogen) atoms. The van der Waals surface area contributed by atoms with E-state index in [9.17, 15) is 9.90 Å². The van der Waals surface area contributed by atoms with Gasteiger partial charge in [-0.05, 0) is 30.3 Å². The molecule has 2 N–H and O–H groups in total. The summed E-state index contributed by atoms with van der Waals surface area (Å²) in [6, 6.07) is 11.2. The maximum atomic E-state index is 11.9. The molecule has 1 aromatic heterocycles. The Labute approximate surface area is 103 Å². The zero-order valence-electron chi connectivity index (χ0n) is 9.29. The van der Waals surface area contributed by atoms with Gasteiger partial charge < -0.3 is 10.4 Å². The average Bonchev–Trinajstić information content (AvgIpc) is 2.41. The predicted molar refractivity (Wildman–Crippen MR) is 65.0 cm³/mol. The van der Waals surface area contributed by atoms with Crippen LogP contribution in [0, 0.1) is 11.3 Å². The minimum atomic E-state index is -0.430. The third-order valence-electron chi connectivity index (χ3n) is 2.27. The van der Waals surface area contributed by atoms with E-state index in [1.165, 1.54) is 18.3 Å². The summed E-state index contributed by atoms with van der Waals surface area (Å²) < 4.78 is 0. The topological polar surface area (TPSA) is 86.0 Å². The van der Waals surface area contributed by atoms with Gasteiger partial charge in [0.05, 0.1) is 11.6 Å². The lowest BCUT2D eigenvalue weighted by Crippen LogP contribution is -2.13. The van der Waals surface area contributed by atoms with E-state index in [2.05, 4.69) is 10.3 Å². The SMILES string of the molecule is N#Cc1cccc(C(=O)Nc2ncccc2O)c1. The van der Waals surface area contributed by atoms with Crippen LogP contribution >= 0.6 is 0 Å². The van der Waals surface area contributed by atoms with Crippen molar-refractivity contribution in [3.63, 3.8) is 0 Å². The molecule has 0 atom stereocenters. The van der Waals surface area contributed by atoms with Gasteiger partial charge in [-0.1, -0.05) is 6.07 Å². The lowest BCUT2D eigenvalue weighted by atomic mass is 10.1. The fourth-order valence-electron chi connectivity index (χ4n) is 1.40. The Kier molecular flexibility index (Phi) is 3.21. The van der Waals surface area contributed by atoms with Gasteiger partial charge >= 0.3 is 0 Å². The van der Waals surface area contributed by atoms with Gasteiger partial charge in [-0.25, -0.2) is 4.98 Å². The molecule has 0 unspecified atom stereocenters. The summed E-state index contributed by atoms with van der Waals surface area (Å²) in [5, 5.41) is 20.7. The molecule has 0 spiro atoms. The van der Waals surface area contributed by atoms with Crippen LogP contribution in [0.15, 0.2) is 42.6 Å². The fraction of sp³-hybridized carbons (Fsp3) is 0. The number of nitrogens with one attached hydrogen (secondary N) is 1. The van der Waals surface area contributed by atoms with Crippen molar-refractivity contribution in [3.05, 3.63) is 53.7 Å². The van der Waals surface area contributed by atoms with Gasteiger partial charge in [0.15, 0.2) is 11.6 Å². The highest BCUT2D eigenvalue weighted by atomic mass is 16.3. The molecule has 5 nitrogen and oxygen atoms in total. The molecule has 0 fully saturated rings. The highest BCUT2D eigenvalue weighted by Crippen LogP contribution is 2.19. The highest BCUT2D eigenvalue weighted by molar-refractivity contribution is 6.04. The first-order chi connectivity index (χ1) is 8.70. The summed E-state index contributed by atoms with van der Waals surface area (Å²) in [7, 11) is 0. The Morgan fingerprint density at radius 2 is 2.17 bits per heavy atom. The number of aromatic nitrogens is 1. The summed E-state index contributed by atoms with van der Waals surface area (Å²) >= 11 is 0. The number of anilines is 1. The molecule has 0 aliphatic rings. The average molecular weight is 239 g/mol. The van der Waals surface area contributed by atoms with Crippen molar-refractivity contribution in [2.45, 2.75) is 0 Å². The molecular weight excluding hydrogens is 230 g/mol. The Morgan fingerprint density at radius 1 is 1.33 bits per heavy atom. The van der Waals surface area contributed by atoms with Crippen LogP contribution in [0.5, 0.6) is 5.75 Å². The Balaban J connectivity index is 2.23. The van der Waals surface area contributed by atoms with Gasteiger partial charge in [0.25, 0.3) is 5.91 Å². The molecule has 88 valence electrons. The van der Waals surface area contributed by atoms with Crippen LogP contribution < -0.4 is 5.32 Å². The van der Waals surface area contributed by atoms with Crippen LogP contribution in [0.2, 0.25) is 0 Å². The van der Waals surface area contributed by atoms with Gasteiger partial charge in [0.1, 0.15) is 0 Å². The number of nitriles is 1. The third-order valence-corrected chi connectivity index (χ3v) is 2.27. The number of carbonyl (C=O) groups excluding carboxylic acids is 1. The maximum Gasteiger partial charge on any atom is 0.256 e. The normalized spacial score (nSPS) is 9.50. The molecule has 2 aromatic rings. The molecule has 0 saturated carbocycles. The van der Waals surface area contributed by atoms with Crippen molar-refractivity contribution in [1.82, 2.24) is 4.98 Å². The molecule has 2 rings (SSSR count). The van der Waals surface area contributed by atoms with Gasteiger partial charge in [-0.2, -0.15) is 5.26 Å². The van der Waals surface area contributed by atoms with Crippen molar-refractivity contribution < 1.29 is 9.90 Å². The number of benzene rings is 1. The first-order valence-corrected chi connectivity index (χ1v) is 5.16. The number of pyridine rings is 1. The highest BCUT2D eigenvalue weighted by Gasteiger charge is 2.09. The lowest BCUT2D eigenvalue weighted by molar-refractivity contribution is 0.102. The molecule has 1 amide bonds. The molecule has 1 heterocycles. The molecule has 1 aromatic carbocycles. The summed E-state index contributed by atoms with van der Waals surface area (Å²) in [5.74, 6) is -0.451. The number of rotatable bonds is 2. The van der Waals surface area contributed by atoms with E-state index in [0.29, 0.717) is 11.1 Å². The Morgan fingerprint density at radius 3 is 2.89 bits per heavy atom. The first-order valence-electron chi connectivity index (χ1n) is 5.16. The van der Waals surface area contributed by atoms with Crippen molar-refractivity contribution in [2.75, 3.05) is 5.32 Å². The van der Waals surface area contributed by atoms with E-state index in [1.807, 2.05) is 6.07 Å². The van der Waals surface area contributed by atoms with Gasteiger partial charge in [0, 0.05) is 11.8 Å². The molecule has 0 aliphatic carbocycles. The van der Waals surface area contributed by atoms with Gasteiger partial charge in [-0.3, -0.25) is 4.79 Å². The van der Waals surface area contributed by atoms with Crippen LogP contribution in [-0.2, 0) is 0 Å². The summed E-state index contributed by atoms with van der Waals surface area (Å²) in [6.45, 7) is 0. The second-order valence-electron chi connectivity index (χ2n) is 3.52. The van der Waals surface area contributed by atoms with E-state index in [-0.39, 0.29) is 11.6 Å². The summed E-state index contributed by atoms with van der Waals surface area (Å²) in [5.41, 5.74) is 0.729. The molecule has 0 bridgehead atoms. The molecular formula is C13H9N3O2. The predicted octanol–water partition coefficient (Wildman–Crippen LogP) is 1.91. The van der Waals surface area contributed by atoms with E-state index < -0.39 is 5.91 Å². The van der Waals surface area contributed by atoms with Gasteiger partial charge in [0.2, 0.25) is 0 Å². The largest absolute Gasteiger partial charge is 0.504 e. The van der Waals surface area contributed by atoms with Crippen LogP contribution in [0.4, 0.5) is 5.82 Å². The number of amides is 1. The van der Waals surface area contributed by atoms with E-state index in [1.54, 1.807) is 24.3 Å². The minimum absolute atomic E-state index is 0.0878. The van der Waals surface area contributed by atoms with Crippen LogP contribution in [0.1, 0.15) is 15.9 Å². The molecule has 5 heteroatoms. The Bertz CT molecular complexity index is 632. The zero-order valence-corrected chi connectivity index (χ0v) is 9.29. The second-order valence-corrected chi connectivity index (χ2v) is 3.52. The van der Waals surface area contributed by atoms with E-state index in [4.69, 9.17) is 5.26 Å². The number of carbonyl (C=O) groups is 1. The maximum absolute atomic E-state index is 11.9. The zero-order chi connectivity index (χ0) is 13.0. The summed E-state index contributed by atoms with van der Waals surface area (Å²) in [6.07, 6.45) is 1.46. The monoisotopic (exact) mass is 239 g/mol. The smallest absolute Gasteiger partial charge is 0.256 e. The molecule has 0 radical (unpaired) electrons. The van der Waals surface area contributed by atoms with Crippen molar-refractivity contribution >= 4 is 11.7 Å². The van der Waals surface area contributed by atoms with Crippen LogP contribution in [0.3, 0.4) is 0 Å². The van der Waals surface area contributed by atoms with Crippen LogP contribution in [-0.4, -0.2) is 16.0 Å². The Hall–Kier alpha value is -2.87. The first kappa shape index (κ1) is 11.6. The van der Waals surface area contributed by atoms with E-state index >= 15 is 0 Å². The van der Waals surface area contributed by atoms with Gasteiger partial charge in [-0.15, -0.1) is 0 Å². The third kappa shape index (κ3) is 2.44. The fourth-order valence-corrected chi connectivity index (χ4v) is 1.40. The second kappa shape index (κ2) is 4.97. The van der Waals surface area contributed by atoms with E-state index in [0.717, 1.165) is 0 Å². The number of aromatic hydroxyl groups is 1. The van der Waals surface area contributed by atoms with Crippen LogP contribution in [0.25, 0.3) is 0 Å². The molecule has 0 aliphatic heterocycles. The number of nitrogens with zero attached hydrogens (tertiary/aromatic N) is 2. The minimum Gasteiger partial charge on any atom is -0.504 e. The summed E-state index contributed by atoms with van der Waals surface area (Å²) in [4.78, 5) is 15.7. The van der Waals surface area contributed by atoms with Crippen molar-refractivity contribution in [1.29, 1.82) is 5.26 Å². The number of hydrogen-bond acceptors (Lipinski definition) is 4. The lowest BCUT2D eigenvalue weighted by Gasteiger charge is -2.05. The standard InChI is InChI=1S/C13H9N3O2/c14-8-9-3-1-4-10(7-9)13(18)16-12-11(17)5-2-6-15-12/h1-7,17H,(H,15,16,18). The van der Waals surface area contributed by atoms with Crippen molar-refractivity contribution in [2.24, 2.45) is 0 Å². The number of hydrogen-bond donors (Lipinski definition) is 2. The molecule has 0 saturated heterocycles.